The Hall–Kier alpha value is -0.820. The number of halogens is 4. The molecule has 2 atom stereocenters. The zero-order valence-corrected chi connectivity index (χ0v) is 8.75. The summed E-state index contributed by atoms with van der Waals surface area (Å²) < 4.78 is 37.7. The van der Waals surface area contributed by atoms with Gasteiger partial charge in [-0.1, -0.05) is 18.2 Å². The van der Waals surface area contributed by atoms with Crippen molar-refractivity contribution in [2.45, 2.75) is 10.9 Å². The summed E-state index contributed by atoms with van der Waals surface area (Å²) in [5.74, 6) is -2.83. The molecule has 0 bridgehead atoms. The van der Waals surface area contributed by atoms with Crippen molar-refractivity contribution in [2.75, 3.05) is 0 Å². The Labute approximate surface area is 91.3 Å². The molecule has 0 aliphatic heterocycles. The molecule has 1 aliphatic carbocycles. The number of ether oxygens (including phenoxy) is 1. The van der Waals surface area contributed by atoms with Gasteiger partial charge in [0.05, 0.1) is 0 Å². The average Bonchev–Trinajstić information content (AvgIpc) is 1.99. The van der Waals surface area contributed by atoms with Gasteiger partial charge in [0, 0.05) is 0 Å². The Kier molecular flexibility index (Phi) is 3.25. The van der Waals surface area contributed by atoms with Crippen LogP contribution in [0.2, 0.25) is 0 Å². The monoisotopic (exact) mass is 286 g/mol. The maximum Gasteiger partial charge on any atom is 0.524 e. The zero-order valence-electron chi connectivity index (χ0n) is 7.16. The fourth-order valence-electron chi connectivity index (χ4n) is 1.12. The van der Waals surface area contributed by atoms with Crippen LogP contribution in [-0.2, 0) is 9.53 Å². The van der Waals surface area contributed by atoms with Gasteiger partial charge in [0.2, 0.25) is 0 Å². The van der Waals surface area contributed by atoms with Gasteiger partial charge in [0.1, 0.15) is 5.92 Å². The number of hydrogen-bond acceptors (Lipinski definition) is 2. The predicted octanol–water partition coefficient (Wildman–Crippen LogP) is 2.44. The zero-order chi connectivity index (χ0) is 11.7. The first-order chi connectivity index (χ1) is 6.75. The Morgan fingerprint density at radius 2 is 2.07 bits per heavy atom. The van der Waals surface area contributed by atoms with E-state index < -0.39 is 22.8 Å². The van der Waals surface area contributed by atoms with Gasteiger partial charge in [-0.25, -0.2) is 0 Å². The Balaban J connectivity index is 2.94. The summed E-state index contributed by atoms with van der Waals surface area (Å²) in [5, 5.41) is 8.71. The summed E-state index contributed by atoms with van der Waals surface area (Å²) in [6, 6.07) is 0. The summed E-state index contributed by atoms with van der Waals surface area (Å²) in [5.41, 5.74) is 0. The minimum atomic E-state index is -4.91. The van der Waals surface area contributed by atoms with Crippen LogP contribution in [0.15, 0.2) is 24.3 Å². The lowest BCUT2D eigenvalue weighted by Gasteiger charge is -2.30. The van der Waals surface area contributed by atoms with E-state index in [2.05, 4.69) is 20.7 Å². The fourth-order valence-corrected chi connectivity index (χ4v) is 1.81. The second kappa shape index (κ2) is 3.97. The average molecular weight is 287 g/mol. The molecular weight excluding hydrogens is 281 g/mol. The Morgan fingerprint density at radius 3 is 2.53 bits per heavy atom. The van der Waals surface area contributed by atoms with Crippen molar-refractivity contribution < 1.29 is 27.8 Å². The standard InChI is InChI=1S/C8H6BrF3O3/c9-7(15-8(10,11)12)4-2-1-3-5(7)6(13)14/h1-5H,(H,13,14). The molecule has 1 N–H and O–H groups in total. The van der Waals surface area contributed by atoms with Crippen molar-refractivity contribution in [3.8, 4) is 0 Å². The molecule has 0 heterocycles. The van der Waals surface area contributed by atoms with E-state index in [1.54, 1.807) is 0 Å². The van der Waals surface area contributed by atoms with E-state index in [1.165, 1.54) is 12.2 Å². The van der Waals surface area contributed by atoms with Crippen molar-refractivity contribution in [1.82, 2.24) is 0 Å². The number of carbonyl (C=O) groups is 1. The van der Waals surface area contributed by atoms with Crippen LogP contribution in [0.3, 0.4) is 0 Å². The molecule has 0 saturated carbocycles. The maximum absolute atomic E-state index is 12.0. The number of hydrogen-bond donors (Lipinski definition) is 1. The molecular formula is C8H6BrF3O3. The quantitative estimate of drug-likeness (QED) is 0.793. The minimum absolute atomic E-state index is 0.999. The lowest BCUT2D eigenvalue weighted by atomic mass is 9.98. The van der Waals surface area contributed by atoms with Crippen LogP contribution in [-0.4, -0.2) is 21.9 Å². The van der Waals surface area contributed by atoms with Crippen molar-refractivity contribution >= 4 is 21.9 Å². The van der Waals surface area contributed by atoms with Crippen molar-refractivity contribution in [2.24, 2.45) is 5.92 Å². The number of rotatable bonds is 2. The lowest BCUT2D eigenvalue weighted by Crippen LogP contribution is -2.41. The van der Waals surface area contributed by atoms with Gasteiger partial charge in [-0.3, -0.25) is 9.53 Å². The highest BCUT2D eigenvalue weighted by Gasteiger charge is 2.48. The van der Waals surface area contributed by atoms with Crippen LogP contribution in [0.5, 0.6) is 0 Å². The SMILES string of the molecule is O=C(O)C1C=CC=CC1(Br)OC(F)(F)F. The smallest absolute Gasteiger partial charge is 0.481 e. The summed E-state index contributed by atoms with van der Waals surface area (Å²) in [4.78, 5) is 10.7. The first kappa shape index (κ1) is 12.3. The third-order valence-corrected chi connectivity index (χ3v) is 2.62. The first-order valence-corrected chi connectivity index (χ1v) is 4.58. The largest absolute Gasteiger partial charge is 0.524 e. The third-order valence-electron chi connectivity index (χ3n) is 1.70. The minimum Gasteiger partial charge on any atom is -0.481 e. The highest BCUT2D eigenvalue weighted by atomic mass is 79.9. The molecule has 0 fully saturated rings. The van der Waals surface area contributed by atoms with Crippen LogP contribution < -0.4 is 0 Å². The van der Waals surface area contributed by atoms with Crippen molar-refractivity contribution in [1.29, 1.82) is 0 Å². The van der Waals surface area contributed by atoms with Gasteiger partial charge in [0.25, 0.3) is 0 Å². The first-order valence-electron chi connectivity index (χ1n) is 3.79. The van der Waals surface area contributed by atoms with Crippen LogP contribution in [0.1, 0.15) is 0 Å². The van der Waals surface area contributed by atoms with E-state index in [9.17, 15) is 18.0 Å². The topological polar surface area (TPSA) is 46.5 Å². The molecule has 0 amide bonds. The van der Waals surface area contributed by atoms with E-state index in [0.717, 1.165) is 12.2 Å². The van der Waals surface area contributed by atoms with Gasteiger partial charge in [-0.2, -0.15) is 0 Å². The third kappa shape index (κ3) is 3.07. The van der Waals surface area contributed by atoms with Gasteiger partial charge in [0.15, 0.2) is 4.51 Å². The highest BCUT2D eigenvalue weighted by molar-refractivity contribution is 9.10. The maximum atomic E-state index is 12.0. The molecule has 0 spiro atoms. The van der Waals surface area contributed by atoms with E-state index in [1.807, 2.05) is 0 Å². The molecule has 7 heteroatoms. The second-order valence-corrected chi connectivity index (χ2v) is 4.04. The second-order valence-electron chi connectivity index (χ2n) is 2.81. The molecule has 84 valence electrons. The summed E-state index contributed by atoms with van der Waals surface area (Å²) >= 11 is 2.64. The fraction of sp³-hybridized carbons (Fsp3) is 0.375. The normalized spacial score (nSPS) is 30.5. The predicted molar refractivity (Wildman–Crippen MR) is 48.2 cm³/mol. The molecule has 1 rings (SSSR count). The lowest BCUT2D eigenvalue weighted by molar-refractivity contribution is -0.344. The van der Waals surface area contributed by atoms with Crippen LogP contribution >= 0.6 is 15.9 Å². The molecule has 3 nitrogen and oxygen atoms in total. The molecule has 2 unspecified atom stereocenters. The summed E-state index contributed by atoms with van der Waals surface area (Å²) in [6.07, 6.45) is -0.174. The van der Waals surface area contributed by atoms with Crippen LogP contribution in [0.25, 0.3) is 0 Å². The molecule has 0 saturated heterocycles. The van der Waals surface area contributed by atoms with Gasteiger partial charge >= 0.3 is 12.3 Å². The molecule has 0 radical (unpaired) electrons. The van der Waals surface area contributed by atoms with E-state index >= 15 is 0 Å². The number of carboxylic acids is 1. The number of carboxylic acid groups (broad SMARTS) is 1. The molecule has 0 aromatic carbocycles. The van der Waals surface area contributed by atoms with Crippen molar-refractivity contribution in [3.63, 3.8) is 0 Å². The summed E-state index contributed by atoms with van der Waals surface area (Å²) in [6.45, 7) is 0. The molecule has 0 aromatic rings. The number of allylic oxidation sites excluding steroid dienone is 2. The summed E-state index contributed by atoms with van der Waals surface area (Å²) in [7, 11) is 0. The molecule has 1 aliphatic rings. The molecule has 15 heavy (non-hydrogen) atoms. The van der Waals surface area contributed by atoms with Crippen LogP contribution in [0, 0.1) is 5.92 Å². The van der Waals surface area contributed by atoms with Gasteiger partial charge in [-0.15, -0.1) is 13.2 Å². The van der Waals surface area contributed by atoms with Crippen LogP contribution in [0.4, 0.5) is 13.2 Å². The van der Waals surface area contributed by atoms with Gasteiger partial charge < -0.3 is 5.11 Å². The number of aliphatic carboxylic acids is 1. The number of alkyl halides is 4. The van der Waals surface area contributed by atoms with E-state index in [4.69, 9.17) is 5.11 Å². The highest BCUT2D eigenvalue weighted by Crippen LogP contribution is 2.39. The van der Waals surface area contributed by atoms with Gasteiger partial charge in [-0.05, 0) is 22.0 Å². The Bertz CT molecular complexity index is 324. The molecule has 0 aromatic heterocycles. The van der Waals surface area contributed by atoms with Crippen molar-refractivity contribution in [3.05, 3.63) is 24.3 Å². The Morgan fingerprint density at radius 1 is 1.47 bits per heavy atom. The van der Waals surface area contributed by atoms with E-state index in [-0.39, 0.29) is 0 Å². The van der Waals surface area contributed by atoms with E-state index in [0.29, 0.717) is 0 Å².